The van der Waals surface area contributed by atoms with E-state index in [0.29, 0.717) is 5.57 Å². The highest BCUT2D eigenvalue weighted by Crippen LogP contribution is 2.12. The molecule has 0 aliphatic rings. The van der Waals surface area contributed by atoms with Gasteiger partial charge in [-0.05, 0) is 19.4 Å². The molecule has 0 radical (unpaired) electrons. The smallest absolute Gasteiger partial charge is 0.302 e. The van der Waals surface area contributed by atoms with Crippen LogP contribution in [0.4, 0.5) is 0 Å². The van der Waals surface area contributed by atoms with E-state index in [1.165, 1.54) is 13.8 Å². The highest BCUT2D eigenvalue weighted by atomic mass is 16.6. The lowest BCUT2D eigenvalue weighted by Gasteiger charge is -2.19. The lowest BCUT2D eigenvalue weighted by molar-refractivity contribution is -0.145. The van der Waals surface area contributed by atoms with Crippen LogP contribution in [0, 0.1) is 0 Å². The third kappa shape index (κ3) is 8.49. The minimum absolute atomic E-state index is 0.148. The van der Waals surface area contributed by atoms with Crippen molar-refractivity contribution >= 4 is 11.9 Å². The van der Waals surface area contributed by atoms with Crippen LogP contribution >= 0.6 is 0 Å². The minimum atomic E-state index is -1.11. The zero-order valence-corrected chi connectivity index (χ0v) is 12.2. The summed E-state index contributed by atoms with van der Waals surface area (Å²) in [4.78, 5) is 21.3. The molecule has 0 heterocycles. The van der Waals surface area contributed by atoms with Gasteiger partial charge in [0.15, 0.2) is 0 Å². The number of hydrogen-bond donors (Lipinski definition) is 2. The second-order valence-electron chi connectivity index (χ2n) is 4.45. The van der Waals surface area contributed by atoms with E-state index >= 15 is 0 Å². The van der Waals surface area contributed by atoms with Gasteiger partial charge in [-0.15, -0.1) is 0 Å². The van der Waals surface area contributed by atoms with Crippen LogP contribution in [0.3, 0.4) is 0 Å². The van der Waals surface area contributed by atoms with Crippen molar-refractivity contribution in [1.82, 2.24) is 0 Å². The molecule has 0 aromatic heterocycles. The molecule has 0 saturated heterocycles. The van der Waals surface area contributed by atoms with E-state index in [9.17, 15) is 19.8 Å². The normalized spacial score (nSPS) is 13.1. The van der Waals surface area contributed by atoms with Crippen LogP contribution in [0.1, 0.15) is 27.7 Å². The van der Waals surface area contributed by atoms with Crippen molar-refractivity contribution < 1.29 is 34.0 Å². The number of aliphatic hydroxyl groups excluding tert-OH is 2. The van der Waals surface area contributed by atoms with Gasteiger partial charge in [0, 0.05) is 13.8 Å². The predicted octanol–water partition coefficient (Wildman–Crippen LogP) is 0.145. The molecule has 0 bridgehead atoms. The van der Waals surface area contributed by atoms with Crippen LogP contribution in [0.15, 0.2) is 11.3 Å². The number of carbonyl (C=O) groups is 2. The van der Waals surface area contributed by atoms with E-state index in [0.717, 1.165) is 0 Å². The monoisotopic (exact) mass is 290 g/mol. The second kappa shape index (κ2) is 9.33. The molecule has 0 amide bonds. The third-order valence-corrected chi connectivity index (χ3v) is 2.15. The molecule has 116 valence electrons. The number of esters is 2. The van der Waals surface area contributed by atoms with Crippen molar-refractivity contribution in [3.63, 3.8) is 0 Å². The van der Waals surface area contributed by atoms with Gasteiger partial charge in [-0.1, -0.05) is 0 Å². The van der Waals surface area contributed by atoms with Gasteiger partial charge in [-0.2, -0.15) is 0 Å². The molecule has 2 atom stereocenters. The molecule has 2 unspecified atom stereocenters. The molecule has 20 heavy (non-hydrogen) atoms. The van der Waals surface area contributed by atoms with Crippen molar-refractivity contribution in [3.05, 3.63) is 11.3 Å². The number of hydrogen-bond acceptors (Lipinski definition) is 7. The van der Waals surface area contributed by atoms with Gasteiger partial charge >= 0.3 is 11.9 Å². The minimum Gasteiger partial charge on any atom is -0.492 e. The van der Waals surface area contributed by atoms with E-state index in [-0.39, 0.29) is 25.6 Å². The van der Waals surface area contributed by atoms with Crippen molar-refractivity contribution in [2.24, 2.45) is 0 Å². The Bertz CT molecular complexity index is 358. The van der Waals surface area contributed by atoms with Crippen LogP contribution in [-0.2, 0) is 23.8 Å². The number of carbonyl (C=O) groups excluding carboxylic acids is 2. The second-order valence-corrected chi connectivity index (χ2v) is 4.45. The Kier molecular flexibility index (Phi) is 8.58. The topological polar surface area (TPSA) is 102 Å². The van der Waals surface area contributed by atoms with E-state index in [1.807, 2.05) is 0 Å². The summed E-state index contributed by atoms with van der Waals surface area (Å²) in [6.45, 7) is 5.33. The van der Waals surface area contributed by atoms with Crippen LogP contribution in [0.25, 0.3) is 0 Å². The zero-order valence-electron chi connectivity index (χ0n) is 12.2. The molecule has 0 rings (SSSR count). The maximum absolute atomic E-state index is 10.7. The highest BCUT2D eigenvalue weighted by Gasteiger charge is 2.17. The maximum atomic E-state index is 10.7. The number of allylic oxidation sites excluding steroid dienone is 1. The third-order valence-electron chi connectivity index (χ3n) is 2.15. The average Bonchev–Trinajstić information content (AvgIpc) is 2.33. The van der Waals surface area contributed by atoms with Crippen molar-refractivity contribution in [2.75, 3.05) is 19.8 Å². The Hall–Kier alpha value is -1.60. The summed E-state index contributed by atoms with van der Waals surface area (Å²) in [6.07, 6.45) is -2.11. The Balaban J connectivity index is 4.32. The summed E-state index contributed by atoms with van der Waals surface area (Å²) in [5.74, 6) is -0.790. The summed E-state index contributed by atoms with van der Waals surface area (Å²) in [5.41, 5.74) is 0.685. The molecular weight excluding hydrogens is 268 g/mol. The lowest BCUT2D eigenvalue weighted by atomic mass is 10.2. The SMILES string of the molecule is CC(=O)OCC(O)COC(=C(C)C)C(O)COC(C)=O. The van der Waals surface area contributed by atoms with E-state index in [4.69, 9.17) is 4.74 Å². The predicted molar refractivity (Wildman–Crippen MR) is 69.6 cm³/mol. The fraction of sp³-hybridized carbons (Fsp3) is 0.692. The molecule has 7 heteroatoms. The Labute approximate surface area is 118 Å². The average molecular weight is 290 g/mol. The van der Waals surface area contributed by atoms with Gasteiger partial charge in [0.25, 0.3) is 0 Å². The quantitative estimate of drug-likeness (QED) is 0.484. The highest BCUT2D eigenvalue weighted by molar-refractivity contribution is 5.66. The largest absolute Gasteiger partial charge is 0.492 e. The molecule has 0 fully saturated rings. The van der Waals surface area contributed by atoms with Crippen molar-refractivity contribution in [2.45, 2.75) is 39.9 Å². The molecule has 0 aromatic carbocycles. The first-order valence-corrected chi connectivity index (χ1v) is 6.17. The Morgan fingerprint density at radius 3 is 1.75 bits per heavy atom. The first-order valence-electron chi connectivity index (χ1n) is 6.17. The number of ether oxygens (including phenoxy) is 3. The van der Waals surface area contributed by atoms with Crippen LogP contribution in [-0.4, -0.2) is 54.2 Å². The molecule has 0 aromatic rings. The Morgan fingerprint density at radius 2 is 1.30 bits per heavy atom. The molecule has 0 spiro atoms. The first kappa shape index (κ1) is 18.4. The van der Waals surface area contributed by atoms with Crippen LogP contribution < -0.4 is 0 Å². The molecule has 0 aliphatic heterocycles. The van der Waals surface area contributed by atoms with E-state index in [2.05, 4.69) is 9.47 Å². The van der Waals surface area contributed by atoms with Gasteiger partial charge in [-0.3, -0.25) is 9.59 Å². The molecular formula is C13H22O7. The fourth-order valence-corrected chi connectivity index (χ4v) is 1.29. The molecule has 0 saturated carbocycles. The number of aliphatic hydroxyl groups is 2. The van der Waals surface area contributed by atoms with Gasteiger partial charge in [0.1, 0.15) is 37.8 Å². The standard InChI is InChI=1S/C13H22O7/c1-8(2)13(12(17)7-19-10(4)15)20-6-11(16)5-18-9(3)14/h11-12,16-17H,5-7H2,1-4H3. The van der Waals surface area contributed by atoms with Crippen molar-refractivity contribution in [3.8, 4) is 0 Å². The molecule has 7 nitrogen and oxygen atoms in total. The molecule has 2 N–H and O–H groups in total. The summed E-state index contributed by atoms with van der Waals surface area (Å²) >= 11 is 0. The lowest BCUT2D eigenvalue weighted by Crippen LogP contribution is -2.27. The number of rotatable bonds is 8. The summed E-state index contributed by atoms with van der Waals surface area (Å²) in [6, 6.07) is 0. The zero-order chi connectivity index (χ0) is 15.7. The first-order chi connectivity index (χ1) is 9.23. The summed E-state index contributed by atoms with van der Waals surface area (Å²) in [5, 5.41) is 19.4. The van der Waals surface area contributed by atoms with E-state index < -0.39 is 24.1 Å². The van der Waals surface area contributed by atoms with Crippen molar-refractivity contribution in [1.29, 1.82) is 0 Å². The van der Waals surface area contributed by atoms with Gasteiger partial charge in [0.05, 0.1) is 0 Å². The van der Waals surface area contributed by atoms with Gasteiger partial charge in [0.2, 0.25) is 0 Å². The molecule has 0 aliphatic carbocycles. The Morgan fingerprint density at radius 1 is 0.850 bits per heavy atom. The van der Waals surface area contributed by atoms with E-state index in [1.54, 1.807) is 13.8 Å². The fourth-order valence-electron chi connectivity index (χ4n) is 1.29. The van der Waals surface area contributed by atoms with Crippen LogP contribution in [0.2, 0.25) is 0 Å². The van der Waals surface area contributed by atoms with Crippen LogP contribution in [0.5, 0.6) is 0 Å². The van der Waals surface area contributed by atoms with Gasteiger partial charge < -0.3 is 24.4 Å². The maximum Gasteiger partial charge on any atom is 0.302 e. The summed E-state index contributed by atoms with van der Waals surface area (Å²) < 4.78 is 14.6. The summed E-state index contributed by atoms with van der Waals surface area (Å²) in [7, 11) is 0. The van der Waals surface area contributed by atoms with Gasteiger partial charge in [-0.25, -0.2) is 0 Å².